The highest BCUT2D eigenvalue weighted by Gasteiger charge is 2.18. The van der Waals surface area contributed by atoms with Gasteiger partial charge in [-0.1, -0.05) is 13.0 Å². The Morgan fingerprint density at radius 3 is 2.92 bits per heavy atom. The van der Waals surface area contributed by atoms with Crippen LogP contribution in [0, 0.1) is 0 Å². The van der Waals surface area contributed by atoms with Gasteiger partial charge < -0.3 is 10.3 Å². The van der Waals surface area contributed by atoms with Crippen LogP contribution in [0.1, 0.15) is 36.8 Å². The molecule has 4 aromatic rings. The molecule has 4 heterocycles. The van der Waals surface area contributed by atoms with Crippen molar-refractivity contribution in [1.29, 1.82) is 0 Å². The molecule has 1 aromatic carbocycles. The van der Waals surface area contributed by atoms with Gasteiger partial charge in [0.05, 0.1) is 5.69 Å². The lowest BCUT2D eigenvalue weighted by Gasteiger charge is -2.23. The zero-order chi connectivity index (χ0) is 17.5. The fourth-order valence-corrected chi connectivity index (χ4v) is 4.14. The normalized spacial score (nSPS) is 15.9. The highest BCUT2D eigenvalue weighted by molar-refractivity contribution is 5.91. The number of piperidine rings is 1. The van der Waals surface area contributed by atoms with E-state index in [0.717, 1.165) is 30.8 Å². The van der Waals surface area contributed by atoms with Crippen LogP contribution in [0.15, 0.2) is 36.9 Å². The zero-order valence-electron chi connectivity index (χ0n) is 14.9. The van der Waals surface area contributed by atoms with Crippen LogP contribution in [0.3, 0.4) is 0 Å². The van der Waals surface area contributed by atoms with Gasteiger partial charge >= 0.3 is 0 Å². The molecule has 0 bridgehead atoms. The van der Waals surface area contributed by atoms with Gasteiger partial charge in [-0.3, -0.25) is 0 Å². The number of benzene rings is 1. The summed E-state index contributed by atoms with van der Waals surface area (Å²) in [6.07, 6.45) is 8.81. The van der Waals surface area contributed by atoms with Crippen LogP contribution in [0.5, 0.6) is 0 Å². The van der Waals surface area contributed by atoms with Gasteiger partial charge in [0.2, 0.25) is 0 Å². The Labute approximate surface area is 151 Å². The van der Waals surface area contributed by atoms with E-state index < -0.39 is 0 Å². The zero-order valence-corrected chi connectivity index (χ0v) is 14.9. The number of fused-ring (bicyclic) bond motifs is 2. The second kappa shape index (κ2) is 6.21. The van der Waals surface area contributed by atoms with Crippen LogP contribution in [0.4, 0.5) is 0 Å². The molecule has 3 aromatic heterocycles. The van der Waals surface area contributed by atoms with Crippen LogP contribution in [0.25, 0.3) is 27.9 Å². The van der Waals surface area contributed by atoms with Crippen molar-refractivity contribution < 1.29 is 0 Å². The Bertz CT molecular complexity index is 1070. The van der Waals surface area contributed by atoms with Crippen LogP contribution in [0.2, 0.25) is 0 Å². The quantitative estimate of drug-likeness (QED) is 0.597. The van der Waals surface area contributed by atoms with Crippen molar-refractivity contribution in [1.82, 2.24) is 29.9 Å². The summed E-state index contributed by atoms with van der Waals surface area (Å²) in [5, 5.41) is 9.00. The van der Waals surface area contributed by atoms with E-state index in [-0.39, 0.29) is 0 Å². The monoisotopic (exact) mass is 346 g/mol. The second-order valence-electron chi connectivity index (χ2n) is 7.01. The van der Waals surface area contributed by atoms with E-state index in [2.05, 4.69) is 50.5 Å². The molecule has 1 aliphatic rings. The second-order valence-corrected chi connectivity index (χ2v) is 7.01. The smallest absolute Gasteiger partial charge is 0.252 e. The molecule has 2 N–H and O–H groups in total. The highest BCUT2D eigenvalue weighted by atomic mass is 15.3. The third-order valence-corrected chi connectivity index (χ3v) is 5.52. The van der Waals surface area contributed by atoms with E-state index in [0.29, 0.717) is 11.7 Å². The van der Waals surface area contributed by atoms with E-state index in [1.54, 1.807) is 4.52 Å². The number of H-pyrrole nitrogens is 1. The lowest BCUT2D eigenvalue weighted by Crippen LogP contribution is -2.26. The van der Waals surface area contributed by atoms with E-state index in [1.165, 1.54) is 41.2 Å². The van der Waals surface area contributed by atoms with Gasteiger partial charge in [-0.15, -0.1) is 0 Å². The minimum atomic E-state index is 0.621. The van der Waals surface area contributed by atoms with Crippen molar-refractivity contribution in [2.45, 2.75) is 32.1 Å². The summed E-state index contributed by atoms with van der Waals surface area (Å²) >= 11 is 0. The van der Waals surface area contributed by atoms with Gasteiger partial charge in [0.1, 0.15) is 6.33 Å². The summed E-state index contributed by atoms with van der Waals surface area (Å²) in [6.45, 7) is 4.45. The van der Waals surface area contributed by atoms with E-state index >= 15 is 0 Å². The summed E-state index contributed by atoms with van der Waals surface area (Å²) in [7, 11) is 0. The molecule has 6 heteroatoms. The number of aromatic amines is 1. The lowest BCUT2D eigenvalue weighted by atomic mass is 9.89. The Balaban J connectivity index is 1.63. The van der Waals surface area contributed by atoms with Gasteiger partial charge in [0, 0.05) is 28.9 Å². The van der Waals surface area contributed by atoms with E-state index in [4.69, 9.17) is 0 Å². The van der Waals surface area contributed by atoms with Crippen molar-refractivity contribution in [3.8, 4) is 11.3 Å². The minimum absolute atomic E-state index is 0.621. The Kier molecular flexibility index (Phi) is 3.71. The van der Waals surface area contributed by atoms with Gasteiger partial charge in [-0.25, -0.2) is 9.50 Å². The molecule has 1 aliphatic heterocycles. The lowest BCUT2D eigenvalue weighted by molar-refractivity contribution is 0.460. The standard InChI is InChI=1S/C20H22N6/c1-2-16-17-9-14(13-5-7-21-8-6-13)3-4-18(17)25-19(16)15-10-22-20-23-12-24-26(20)11-15/h3-4,9-13,21,25H,2,5-8H2,1H3. The van der Waals surface area contributed by atoms with Crippen LogP contribution in [-0.2, 0) is 6.42 Å². The van der Waals surface area contributed by atoms with E-state index in [1.807, 2.05) is 12.4 Å². The summed E-state index contributed by atoms with van der Waals surface area (Å²) in [4.78, 5) is 12.1. The number of hydrogen-bond acceptors (Lipinski definition) is 4. The predicted octanol–water partition coefficient (Wildman–Crippen LogP) is 3.30. The molecule has 1 saturated heterocycles. The molecule has 0 saturated carbocycles. The predicted molar refractivity (Wildman–Crippen MR) is 102 cm³/mol. The summed E-state index contributed by atoms with van der Waals surface area (Å²) < 4.78 is 1.72. The topological polar surface area (TPSA) is 70.9 Å². The average Bonchev–Trinajstić information content (AvgIpc) is 3.31. The highest BCUT2D eigenvalue weighted by Crippen LogP contribution is 2.34. The molecular formula is C20H22N6. The summed E-state index contributed by atoms with van der Waals surface area (Å²) in [5.41, 5.74) is 6.17. The molecule has 1 fully saturated rings. The van der Waals surface area contributed by atoms with Gasteiger partial charge in [0.15, 0.2) is 0 Å². The molecule has 6 nitrogen and oxygen atoms in total. The number of aryl methyl sites for hydroxylation is 1. The molecule has 5 rings (SSSR count). The minimum Gasteiger partial charge on any atom is -0.354 e. The van der Waals surface area contributed by atoms with Crippen molar-refractivity contribution in [3.05, 3.63) is 48.0 Å². The summed E-state index contributed by atoms with van der Waals surface area (Å²) in [6, 6.07) is 6.92. The van der Waals surface area contributed by atoms with Crippen LogP contribution >= 0.6 is 0 Å². The first-order valence-electron chi connectivity index (χ1n) is 9.34. The Hall–Kier alpha value is -2.73. The van der Waals surface area contributed by atoms with E-state index in [9.17, 15) is 0 Å². The van der Waals surface area contributed by atoms with Gasteiger partial charge in [-0.2, -0.15) is 10.1 Å². The van der Waals surface area contributed by atoms with Crippen molar-refractivity contribution in [3.63, 3.8) is 0 Å². The van der Waals surface area contributed by atoms with Crippen LogP contribution in [-0.4, -0.2) is 37.7 Å². The molecule has 132 valence electrons. The molecular weight excluding hydrogens is 324 g/mol. The molecule has 26 heavy (non-hydrogen) atoms. The van der Waals surface area contributed by atoms with Gasteiger partial charge in [-0.05, 0) is 61.5 Å². The number of aromatic nitrogens is 5. The maximum absolute atomic E-state index is 4.42. The maximum atomic E-state index is 4.42. The fourth-order valence-electron chi connectivity index (χ4n) is 4.14. The Morgan fingerprint density at radius 2 is 2.08 bits per heavy atom. The summed E-state index contributed by atoms with van der Waals surface area (Å²) in [5.74, 6) is 1.29. The largest absolute Gasteiger partial charge is 0.354 e. The molecule has 0 atom stereocenters. The number of hydrogen-bond donors (Lipinski definition) is 2. The Morgan fingerprint density at radius 1 is 1.19 bits per heavy atom. The molecule has 0 unspecified atom stereocenters. The molecule has 0 radical (unpaired) electrons. The number of rotatable bonds is 3. The fraction of sp³-hybridized carbons (Fsp3) is 0.350. The molecule has 0 amide bonds. The van der Waals surface area contributed by atoms with Crippen molar-refractivity contribution in [2.24, 2.45) is 0 Å². The first kappa shape index (κ1) is 15.5. The third kappa shape index (κ3) is 2.49. The number of nitrogens with one attached hydrogen (secondary N) is 2. The molecule has 0 spiro atoms. The first-order chi connectivity index (χ1) is 12.8. The van der Waals surface area contributed by atoms with Gasteiger partial charge in [0.25, 0.3) is 5.78 Å². The molecule has 0 aliphatic carbocycles. The average molecular weight is 346 g/mol. The SMILES string of the molecule is CCc1c(-c2cnc3ncnn3c2)[nH]c2ccc(C3CCNCC3)cc12. The van der Waals surface area contributed by atoms with Crippen molar-refractivity contribution in [2.75, 3.05) is 13.1 Å². The first-order valence-corrected chi connectivity index (χ1v) is 9.34. The van der Waals surface area contributed by atoms with Crippen molar-refractivity contribution >= 4 is 16.7 Å². The van der Waals surface area contributed by atoms with Crippen LogP contribution < -0.4 is 5.32 Å². The maximum Gasteiger partial charge on any atom is 0.252 e. The third-order valence-electron chi connectivity index (χ3n) is 5.52. The number of nitrogens with zero attached hydrogens (tertiary/aromatic N) is 4.